The second-order valence-electron chi connectivity index (χ2n) is 7.45. The quantitative estimate of drug-likeness (QED) is 0.920. The third-order valence-electron chi connectivity index (χ3n) is 5.00. The van der Waals surface area contributed by atoms with E-state index in [9.17, 15) is 9.90 Å². The molecule has 25 heavy (non-hydrogen) atoms. The van der Waals surface area contributed by atoms with Crippen LogP contribution in [0.5, 0.6) is 0 Å². The molecule has 2 fully saturated rings. The number of ether oxygens (including phenoxy) is 1. The zero-order valence-corrected chi connectivity index (χ0v) is 14.3. The first-order valence-corrected chi connectivity index (χ1v) is 8.59. The lowest BCUT2D eigenvalue weighted by Gasteiger charge is -2.47. The maximum Gasteiger partial charge on any atom is 0.223 e. The molecule has 0 radical (unpaired) electrons. The molecule has 1 spiro atoms. The standard InChI is InChI=1S/C19H22N2O4/c1-18(23)10-19(24-13-18)11-21(12-19)16(22)8-7-15-9-25-20-17(15)14-5-3-2-4-6-14/h2-6,9,23H,7-8,10-13H2,1H3/t18-/m0/s1. The van der Waals surface area contributed by atoms with Gasteiger partial charge in [-0.2, -0.15) is 0 Å². The molecule has 6 nitrogen and oxygen atoms in total. The molecular formula is C19H22N2O4. The molecule has 0 aliphatic carbocycles. The van der Waals surface area contributed by atoms with E-state index >= 15 is 0 Å². The second-order valence-corrected chi connectivity index (χ2v) is 7.45. The number of carbonyl (C=O) groups excluding carboxylic acids is 1. The number of aliphatic hydroxyl groups is 1. The van der Waals surface area contributed by atoms with Gasteiger partial charge in [0.15, 0.2) is 0 Å². The molecule has 1 atom stereocenters. The number of aromatic nitrogens is 1. The minimum Gasteiger partial charge on any atom is -0.388 e. The summed E-state index contributed by atoms with van der Waals surface area (Å²) in [4.78, 5) is 14.2. The van der Waals surface area contributed by atoms with E-state index in [4.69, 9.17) is 9.26 Å². The fourth-order valence-corrected chi connectivity index (χ4v) is 3.80. The SMILES string of the molecule is C[C@@]1(O)COC2(CN(C(=O)CCc3conc3-c3ccccc3)C2)C1. The minimum atomic E-state index is -0.776. The van der Waals surface area contributed by atoms with E-state index in [0.717, 1.165) is 16.8 Å². The van der Waals surface area contributed by atoms with Gasteiger partial charge in [-0.25, -0.2) is 0 Å². The molecule has 2 aliphatic heterocycles. The number of hydrogen-bond donors (Lipinski definition) is 1. The lowest BCUT2D eigenvalue weighted by Crippen LogP contribution is -2.63. The van der Waals surface area contributed by atoms with Crippen molar-refractivity contribution in [3.8, 4) is 11.3 Å². The Bertz CT molecular complexity index is 763. The molecule has 132 valence electrons. The first kappa shape index (κ1) is 16.3. The number of nitrogens with zero attached hydrogens (tertiary/aromatic N) is 2. The van der Waals surface area contributed by atoms with Crippen molar-refractivity contribution in [2.45, 2.75) is 37.4 Å². The van der Waals surface area contributed by atoms with E-state index in [1.165, 1.54) is 0 Å². The van der Waals surface area contributed by atoms with Crippen LogP contribution in [-0.4, -0.2) is 52.0 Å². The molecule has 1 aromatic carbocycles. The smallest absolute Gasteiger partial charge is 0.223 e. The van der Waals surface area contributed by atoms with E-state index in [1.807, 2.05) is 30.3 Å². The monoisotopic (exact) mass is 342 g/mol. The summed E-state index contributed by atoms with van der Waals surface area (Å²) >= 11 is 0. The van der Waals surface area contributed by atoms with Crippen molar-refractivity contribution in [1.29, 1.82) is 0 Å². The Morgan fingerprint density at radius 3 is 2.76 bits per heavy atom. The van der Waals surface area contributed by atoms with Gasteiger partial charge in [0.1, 0.15) is 17.6 Å². The van der Waals surface area contributed by atoms with Gasteiger partial charge in [-0.05, 0) is 13.3 Å². The summed E-state index contributed by atoms with van der Waals surface area (Å²) in [6.07, 6.45) is 3.21. The molecular weight excluding hydrogens is 320 g/mol. The molecule has 1 amide bonds. The van der Waals surface area contributed by atoms with Crippen LogP contribution in [-0.2, 0) is 16.0 Å². The average Bonchev–Trinajstić information content (AvgIpc) is 3.16. The van der Waals surface area contributed by atoms with Crippen molar-refractivity contribution >= 4 is 5.91 Å². The lowest BCUT2D eigenvalue weighted by molar-refractivity contribution is -0.157. The summed E-state index contributed by atoms with van der Waals surface area (Å²) in [5.74, 6) is 0.0981. The van der Waals surface area contributed by atoms with Gasteiger partial charge in [0.25, 0.3) is 0 Å². The summed E-state index contributed by atoms with van der Waals surface area (Å²) in [6, 6.07) is 9.82. The molecule has 0 bridgehead atoms. The van der Waals surface area contributed by atoms with Crippen LogP contribution >= 0.6 is 0 Å². The Kier molecular flexibility index (Phi) is 3.89. The highest BCUT2D eigenvalue weighted by atomic mass is 16.5. The number of benzene rings is 1. The third kappa shape index (κ3) is 3.19. The normalized spacial score (nSPS) is 24.5. The average molecular weight is 342 g/mol. The first-order chi connectivity index (χ1) is 12.0. The predicted octanol–water partition coefficient (Wildman–Crippen LogP) is 2.03. The number of carbonyl (C=O) groups is 1. The number of aryl methyl sites for hydroxylation is 1. The summed E-state index contributed by atoms with van der Waals surface area (Å²) < 4.78 is 10.8. The van der Waals surface area contributed by atoms with E-state index in [-0.39, 0.29) is 11.5 Å². The van der Waals surface area contributed by atoms with Crippen molar-refractivity contribution in [2.24, 2.45) is 0 Å². The Hall–Kier alpha value is -2.18. The van der Waals surface area contributed by atoms with Crippen molar-refractivity contribution in [3.05, 3.63) is 42.2 Å². The zero-order chi connectivity index (χ0) is 17.5. The highest BCUT2D eigenvalue weighted by Crippen LogP contribution is 2.40. The molecule has 3 heterocycles. The number of hydrogen-bond acceptors (Lipinski definition) is 5. The molecule has 0 saturated carbocycles. The maximum atomic E-state index is 12.4. The van der Waals surface area contributed by atoms with E-state index in [1.54, 1.807) is 18.1 Å². The van der Waals surface area contributed by atoms with Gasteiger partial charge in [0.2, 0.25) is 5.91 Å². The Morgan fingerprint density at radius 2 is 2.08 bits per heavy atom. The van der Waals surface area contributed by atoms with Crippen molar-refractivity contribution in [1.82, 2.24) is 10.1 Å². The lowest BCUT2D eigenvalue weighted by atomic mass is 9.85. The maximum absolute atomic E-state index is 12.4. The van der Waals surface area contributed by atoms with Gasteiger partial charge in [-0.1, -0.05) is 35.5 Å². The van der Waals surface area contributed by atoms with Gasteiger partial charge in [0, 0.05) is 24.0 Å². The molecule has 1 aromatic heterocycles. The van der Waals surface area contributed by atoms with Crippen LogP contribution in [0.3, 0.4) is 0 Å². The topological polar surface area (TPSA) is 75.8 Å². The van der Waals surface area contributed by atoms with Crippen LogP contribution < -0.4 is 0 Å². The molecule has 1 N–H and O–H groups in total. The fraction of sp³-hybridized carbons (Fsp3) is 0.474. The predicted molar refractivity (Wildman–Crippen MR) is 90.8 cm³/mol. The molecule has 2 saturated heterocycles. The number of rotatable bonds is 4. The van der Waals surface area contributed by atoms with Crippen molar-refractivity contribution in [3.63, 3.8) is 0 Å². The summed E-state index contributed by atoms with van der Waals surface area (Å²) in [7, 11) is 0. The summed E-state index contributed by atoms with van der Waals surface area (Å²) in [6.45, 7) is 3.26. The van der Waals surface area contributed by atoms with Crippen molar-refractivity contribution < 1.29 is 19.2 Å². The Labute approximate surface area is 146 Å². The molecule has 4 rings (SSSR count). The van der Waals surface area contributed by atoms with Gasteiger partial charge < -0.3 is 19.3 Å². The van der Waals surface area contributed by atoms with Crippen LogP contribution in [0.1, 0.15) is 25.3 Å². The highest BCUT2D eigenvalue weighted by Gasteiger charge is 2.54. The molecule has 6 heteroatoms. The fourth-order valence-electron chi connectivity index (χ4n) is 3.80. The zero-order valence-electron chi connectivity index (χ0n) is 14.3. The van der Waals surface area contributed by atoms with E-state index in [0.29, 0.717) is 39.0 Å². The van der Waals surface area contributed by atoms with Crippen LogP contribution in [0.4, 0.5) is 0 Å². The van der Waals surface area contributed by atoms with Gasteiger partial charge >= 0.3 is 0 Å². The molecule has 2 aliphatic rings. The summed E-state index contributed by atoms with van der Waals surface area (Å²) in [5.41, 5.74) is 1.61. The van der Waals surface area contributed by atoms with Crippen LogP contribution in [0.25, 0.3) is 11.3 Å². The Balaban J connectivity index is 1.33. The van der Waals surface area contributed by atoms with Gasteiger partial charge in [-0.3, -0.25) is 4.79 Å². The van der Waals surface area contributed by atoms with Gasteiger partial charge in [-0.15, -0.1) is 0 Å². The van der Waals surface area contributed by atoms with Crippen LogP contribution in [0.2, 0.25) is 0 Å². The van der Waals surface area contributed by atoms with Gasteiger partial charge in [0.05, 0.1) is 25.3 Å². The highest BCUT2D eigenvalue weighted by molar-refractivity contribution is 5.78. The minimum absolute atomic E-state index is 0.0981. The summed E-state index contributed by atoms with van der Waals surface area (Å²) in [5, 5.41) is 14.1. The van der Waals surface area contributed by atoms with Crippen LogP contribution in [0.15, 0.2) is 41.1 Å². The first-order valence-electron chi connectivity index (χ1n) is 8.59. The Morgan fingerprint density at radius 1 is 1.32 bits per heavy atom. The molecule has 0 unspecified atom stereocenters. The van der Waals surface area contributed by atoms with Crippen LogP contribution in [0, 0.1) is 0 Å². The second kappa shape index (κ2) is 5.97. The van der Waals surface area contributed by atoms with E-state index < -0.39 is 5.60 Å². The number of likely N-dealkylation sites (tertiary alicyclic amines) is 1. The van der Waals surface area contributed by atoms with E-state index in [2.05, 4.69) is 5.16 Å². The largest absolute Gasteiger partial charge is 0.388 e. The molecule has 2 aromatic rings. The third-order valence-corrected chi connectivity index (χ3v) is 5.00. The van der Waals surface area contributed by atoms with Crippen molar-refractivity contribution in [2.75, 3.05) is 19.7 Å². The number of amides is 1.